The van der Waals surface area contributed by atoms with Crippen LogP contribution in [0.4, 0.5) is 0 Å². The maximum absolute atomic E-state index is 12.6. The van der Waals surface area contributed by atoms with E-state index in [9.17, 15) is 4.79 Å². The summed E-state index contributed by atoms with van der Waals surface area (Å²) < 4.78 is 5.87. The Hall–Kier alpha value is -1.72. The zero-order chi connectivity index (χ0) is 16.5. The van der Waals surface area contributed by atoms with Crippen molar-refractivity contribution in [3.05, 3.63) is 51.5 Å². The molecule has 1 aromatic carbocycles. The number of benzene rings is 1. The molecular formula is C19H22N2O2S. The SMILES string of the molecule is Cc1cnc([C@H](NC(=O)C[C@@H]2OCCc3ccccc32)C2CC2)s1. The first-order chi connectivity index (χ1) is 11.7. The van der Waals surface area contributed by atoms with Crippen LogP contribution in [-0.4, -0.2) is 17.5 Å². The monoisotopic (exact) mass is 342 g/mol. The number of hydrogen-bond acceptors (Lipinski definition) is 4. The van der Waals surface area contributed by atoms with Gasteiger partial charge in [-0.15, -0.1) is 11.3 Å². The molecule has 0 radical (unpaired) electrons. The fourth-order valence-electron chi connectivity index (χ4n) is 3.37. The standard InChI is InChI=1S/C19H22N2O2S/c1-12-11-20-19(24-12)18(14-6-7-14)21-17(22)10-16-15-5-3-2-4-13(15)8-9-23-16/h2-5,11,14,16,18H,6-10H2,1H3,(H,21,22)/t16-,18+/m0/s1. The Bertz CT molecular complexity index is 738. The van der Waals surface area contributed by atoms with E-state index in [2.05, 4.69) is 35.4 Å². The molecule has 1 aliphatic carbocycles. The van der Waals surface area contributed by atoms with Gasteiger partial charge in [-0.2, -0.15) is 0 Å². The number of nitrogens with one attached hydrogen (secondary N) is 1. The van der Waals surface area contributed by atoms with Crippen LogP contribution in [0.5, 0.6) is 0 Å². The molecule has 126 valence electrons. The van der Waals surface area contributed by atoms with Crippen molar-refractivity contribution in [3.63, 3.8) is 0 Å². The molecule has 1 saturated carbocycles. The summed E-state index contributed by atoms with van der Waals surface area (Å²) in [6, 6.07) is 8.34. The lowest BCUT2D eigenvalue weighted by Gasteiger charge is -2.26. The predicted octanol–water partition coefficient (Wildman–Crippen LogP) is 3.72. The lowest BCUT2D eigenvalue weighted by molar-refractivity contribution is -0.125. The maximum atomic E-state index is 12.6. The molecule has 1 aliphatic heterocycles. The summed E-state index contributed by atoms with van der Waals surface area (Å²) in [4.78, 5) is 18.3. The number of nitrogens with zero attached hydrogens (tertiary/aromatic N) is 1. The number of thiazole rings is 1. The Kier molecular flexibility index (Phi) is 4.37. The van der Waals surface area contributed by atoms with Crippen LogP contribution in [0.2, 0.25) is 0 Å². The second kappa shape index (κ2) is 6.65. The summed E-state index contributed by atoms with van der Waals surface area (Å²) >= 11 is 1.68. The first kappa shape index (κ1) is 15.8. The van der Waals surface area contributed by atoms with Gasteiger partial charge in [-0.25, -0.2) is 4.98 Å². The average Bonchev–Trinajstić information content (AvgIpc) is 3.34. The first-order valence-corrected chi connectivity index (χ1v) is 9.43. The zero-order valence-electron chi connectivity index (χ0n) is 13.8. The third-order valence-corrected chi connectivity index (χ3v) is 5.77. The number of aryl methyl sites for hydroxylation is 1. The highest BCUT2D eigenvalue weighted by atomic mass is 32.1. The van der Waals surface area contributed by atoms with Crippen molar-refractivity contribution in [2.75, 3.05) is 6.61 Å². The molecule has 24 heavy (non-hydrogen) atoms. The van der Waals surface area contributed by atoms with Gasteiger partial charge >= 0.3 is 0 Å². The minimum absolute atomic E-state index is 0.0569. The Morgan fingerprint density at radius 2 is 2.25 bits per heavy atom. The van der Waals surface area contributed by atoms with Gasteiger partial charge in [0.2, 0.25) is 5.91 Å². The van der Waals surface area contributed by atoms with Gasteiger partial charge in [-0.05, 0) is 43.2 Å². The van der Waals surface area contributed by atoms with E-state index >= 15 is 0 Å². The molecule has 4 nitrogen and oxygen atoms in total. The highest BCUT2D eigenvalue weighted by molar-refractivity contribution is 7.11. The van der Waals surface area contributed by atoms with Gasteiger partial charge in [0.15, 0.2) is 0 Å². The zero-order valence-corrected chi connectivity index (χ0v) is 14.6. The molecule has 0 spiro atoms. The number of carbonyl (C=O) groups excluding carboxylic acids is 1. The predicted molar refractivity (Wildman–Crippen MR) is 93.9 cm³/mol. The quantitative estimate of drug-likeness (QED) is 0.901. The number of fused-ring (bicyclic) bond motifs is 1. The molecule has 5 heteroatoms. The summed E-state index contributed by atoms with van der Waals surface area (Å²) in [5.74, 6) is 0.598. The van der Waals surface area contributed by atoms with Crippen LogP contribution in [0.15, 0.2) is 30.5 Å². The fraction of sp³-hybridized carbons (Fsp3) is 0.474. The molecule has 4 rings (SSSR count). The third-order valence-electron chi connectivity index (χ3n) is 4.78. The van der Waals surface area contributed by atoms with Crippen molar-refractivity contribution in [1.29, 1.82) is 0 Å². The molecule has 0 bridgehead atoms. The molecule has 1 aromatic heterocycles. The Labute approximate surface area is 146 Å². The molecule has 1 fully saturated rings. The first-order valence-electron chi connectivity index (χ1n) is 8.62. The van der Waals surface area contributed by atoms with Crippen molar-refractivity contribution in [3.8, 4) is 0 Å². The van der Waals surface area contributed by atoms with Crippen molar-refractivity contribution < 1.29 is 9.53 Å². The number of hydrogen-bond donors (Lipinski definition) is 1. The van der Waals surface area contributed by atoms with Crippen LogP contribution >= 0.6 is 11.3 Å². The lowest BCUT2D eigenvalue weighted by Crippen LogP contribution is -2.32. The second-order valence-electron chi connectivity index (χ2n) is 6.70. The number of rotatable bonds is 5. The second-order valence-corrected chi connectivity index (χ2v) is 7.97. The van der Waals surface area contributed by atoms with Gasteiger partial charge in [0.05, 0.1) is 25.2 Å². The van der Waals surface area contributed by atoms with Crippen LogP contribution in [0.25, 0.3) is 0 Å². The molecule has 2 heterocycles. The molecule has 1 N–H and O–H groups in total. The summed E-state index contributed by atoms with van der Waals surface area (Å²) in [7, 11) is 0. The van der Waals surface area contributed by atoms with Crippen LogP contribution < -0.4 is 5.32 Å². The van der Waals surface area contributed by atoms with Gasteiger partial charge in [0.25, 0.3) is 0 Å². The minimum atomic E-state index is -0.132. The molecule has 2 aromatic rings. The van der Waals surface area contributed by atoms with E-state index in [4.69, 9.17) is 4.74 Å². The van der Waals surface area contributed by atoms with E-state index < -0.39 is 0 Å². The van der Waals surface area contributed by atoms with Gasteiger partial charge in [-0.3, -0.25) is 4.79 Å². The largest absolute Gasteiger partial charge is 0.373 e. The summed E-state index contributed by atoms with van der Waals surface area (Å²) in [5, 5.41) is 4.25. The van der Waals surface area contributed by atoms with Crippen molar-refractivity contribution in [2.45, 2.75) is 44.8 Å². The van der Waals surface area contributed by atoms with Crippen LogP contribution in [-0.2, 0) is 16.0 Å². The molecule has 2 atom stereocenters. The summed E-state index contributed by atoms with van der Waals surface area (Å²) in [6.07, 6.45) is 5.41. The van der Waals surface area contributed by atoms with Crippen LogP contribution in [0.1, 0.15) is 52.4 Å². The van der Waals surface area contributed by atoms with Gasteiger partial charge in [-0.1, -0.05) is 24.3 Å². The Morgan fingerprint density at radius 3 is 3.00 bits per heavy atom. The van der Waals surface area contributed by atoms with E-state index in [1.165, 1.54) is 23.3 Å². The summed E-state index contributed by atoms with van der Waals surface area (Å²) in [5.41, 5.74) is 2.46. The van der Waals surface area contributed by atoms with Crippen molar-refractivity contribution in [2.24, 2.45) is 5.92 Å². The average molecular weight is 342 g/mol. The topological polar surface area (TPSA) is 51.2 Å². The van der Waals surface area contributed by atoms with E-state index in [1.54, 1.807) is 11.3 Å². The van der Waals surface area contributed by atoms with Gasteiger partial charge in [0, 0.05) is 11.1 Å². The number of amides is 1. The molecule has 0 saturated heterocycles. The smallest absolute Gasteiger partial charge is 0.223 e. The minimum Gasteiger partial charge on any atom is -0.373 e. The van der Waals surface area contributed by atoms with E-state index in [0.717, 1.165) is 17.0 Å². The number of ether oxygens (including phenoxy) is 1. The highest BCUT2D eigenvalue weighted by Gasteiger charge is 2.35. The van der Waals surface area contributed by atoms with Gasteiger partial charge in [0.1, 0.15) is 5.01 Å². The fourth-order valence-corrected chi connectivity index (χ4v) is 4.29. The van der Waals surface area contributed by atoms with E-state index in [0.29, 0.717) is 18.9 Å². The maximum Gasteiger partial charge on any atom is 0.223 e. The van der Waals surface area contributed by atoms with Crippen molar-refractivity contribution >= 4 is 17.2 Å². The van der Waals surface area contributed by atoms with Crippen molar-refractivity contribution in [1.82, 2.24) is 10.3 Å². The number of carbonyl (C=O) groups is 1. The normalized spacial score (nSPS) is 21.1. The van der Waals surface area contributed by atoms with Crippen LogP contribution in [0.3, 0.4) is 0 Å². The van der Waals surface area contributed by atoms with Crippen LogP contribution in [0, 0.1) is 12.8 Å². The molecule has 2 aliphatic rings. The third kappa shape index (κ3) is 3.37. The Balaban J connectivity index is 1.45. The number of aromatic nitrogens is 1. The van der Waals surface area contributed by atoms with Gasteiger partial charge < -0.3 is 10.1 Å². The summed E-state index contributed by atoms with van der Waals surface area (Å²) in [6.45, 7) is 2.74. The Morgan fingerprint density at radius 1 is 1.42 bits per heavy atom. The molecular weight excluding hydrogens is 320 g/mol. The molecule has 1 amide bonds. The molecule has 0 unspecified atom stereocenters. The van der Waals surface area contributed by atoms with E-state index in [1.807, 2.05) is 12.3 Å². The van der Waals surface area contributed by atoms with E-state index in [-0.39, 0.29) is 18.1 Å². The highest BCUT2D eigenvalue weighted by Crippen LogP contribution is 2.42. The lowest BCUT2D eigenvalue weighted by atomic mass is 9.95.